The quantitative estimate of drug-likeness (QED) is 0.785. The molecule has 0 saturated carbocycles. The lowest BCUT2D eigenvalue weighted by Crippen LogP contribution is -2.28. The van der Waals surface area contributed by atoms with Crippen LogP contribution in [0.5, 0.6) is 0 Å². The molecule has 0 aliphatic carbocycles. The molecule has 6 heteroatoms. The fourth-order valence-electron chi connectivity index (χ4n) is 2.17. The number of ether oxygens (including phenoxy) is 1. The van der Waals surface area contributed by atoms with Crippen molar-refractivity contribution < 1.29 is 13.2 Å². The van der Waals surface area contributed by atoms with Gasteiger partial charge in [-0.25, -0.2) is 13.1 Å². The molecule has 2 rings (SSSR count). The first kappa shape index (κ1) is 15.3. The standard InChI is InChI=1S/C14H22N2O3S/c1-11(2)19-9-8-16-20(17,18)13-5-6-14-12(10-13)4-3-7-15-14/h5-6,10-11,15-16H,3-4,7-9H2,1-2H3. The summed E-state index contributed by atoms with van der Waals surface area (Å²) in [5, 5.41) is 3.27. The van der Waals surface area contributed by atoms with Crippen molar-refractivity contribution in [2.24, 2.45) is 0 Å². The van der Waals surface area contributed by atoms with Gasteiger partial charge >= 0.3 is 0 Å². The highest BCUT2D eigenvalue weighted by Crippen LogP contribution is 2.24. The summed E-state index contributed by atoms with van der Waals surface area (Å²) < 4.78 is 32.2. The molecule has 0 bridgehead atoms. The number of benzene rings is 1. The Hall–Kier alpha value is -1.11. The summed E-state index contributed by atoms with van der Waals surface area (Å²) in [5.74, 6) is 0. The lowest BCUT2D eigenvalue weighted by atomic mass is 10.0. The molecule has 1 aliphatic rings. The fourth-order valence-corrected chi connectivity index (χ4v) is 3.24. The number of hydrogen-bond donors (Lipinski definition) is 2. The summed E-state index contributed by atoms with van der Waals surface area (Å²) in [6.45, 7) is 5.46. The van der Waals surface area contributed by atoms with Gasteiger partial charge in [-0.1, -0.05) is 0 Å². The molecule has 0 fully saturated rings. The van der Waals surface area contributed by atoms with Crippen LogP contribution in [0.1, 0.15) is 25.8 Å². The highest BCUT2D eigenvalue weighted by Gasteiger charge is 2.17. The van der Waals surface area contributed by atoms with E-state index in [9.17, 15) is 8.42 Å². The minimum absolute atomic E-state index is 0.106. The molecule has 5 nitrogen and oxygen atoms in total. The Labute approximate surface area is 120 Å². The van der Waals surface area contributed by atoms with E-state index in [0.717, 1.165) is 30.6 Å². The van der Waals surface area contributed by atoms with E-state index in [1.807, 2.05) is 19.9 Å². The van der Waals surface area contributed by atoms with E-state index in [0.29, 0.717) is 11.5 Å². The van der Waals surface area contributed by atoms with Gasteiger partial charge < -0.3 is 10.1 Å². The van der Waals surface area contributed by atoms with Crippen LogP contribution >= 0.6 is 0 Å². The molecular formula is C14H22N2O3S. The average Bonchev–Trinajstić information content (AvgIpc) is 2.43. The summed E-state index contributed by atoms with van der Waals surface area (Å²) >= 11 is 0. The van der Waals surface area contributed by atoms with Gasteiger partial charge in [0.15, 0.2) is 0 Å². The second kappa shape index (κ2) is 6.56. The molecule has 112 valence electrons. The van der Waals surface area contributed by atoms with Crippen molar-refractivity contribution >= 4 is 15.7 Å². The van der Waals surface area contributed by atoms with Crippen LogP contribution in [-0.4, -0.2) is 34.2 Å². The summed E-state index contributed by atoms with van der Waals surface area (Å²) in [4.78, 5) is 0.324. The van der Waals surface area contributed by atoms with E-state index >= 15 is 0 Å². The maximum atomic E-state index is 12.2. The fraction of sp³-hybridized carbons (Fsp3) is 0.571. The van der Waals surface area contributed by atoms with Crippen molar-refractivity contribution in [1.29, 1.82) is 0 Å². The number of aryl methyl sites for hydroxylation is 1. The Morgan fingerprint density at radius 2 is 2.20 bits per heavy atom. The minimum Gasteiger partial charge on any atom is -0.385 e. The van der Waals surface area contributed by atoms with Crippen LogP contribution in [0, 0.1) is 0 Å². The molecule has 0 amide bonds. The van der Waals surface area contributed by atoms with E-state index < -0.39 is 10.0 Å². The first-order valence-electron chi connectivity index (χ1n) is 6.97. The van der Waals surface area contributed by atoms with Gasteiger partial charge in [-0.3, -0.25) is 0 Å². The predicted molar refractivity (Wildman–Crippen MR) is 79.5 cm³/mol. The van der Waals surface area contributed by atoms with Crippen LogP contribution in [0.2, 0.25) is 0 Å². The number of hydrogen-bond acceptors (Lipinski definition) is 4. The molecule has 20 heavy (non-hydrogen) atoms. The molecule has 2 N–H and O–H groups in total. The van der Waals surface area contributed by atoms with E-state index in [4.69, 9.17) is 4.74 Å². The van der Waals surface area contributed by atoms with Gasteiger partial charge in [0.05, 0.1) is 17.6 Å². The van der Waals surface area contributed by atoms with Gasteiger partial charge in [0.25, 0.3) is 0 Å². The van der Waals surface area contributed by atoms with Crippen LogP contribution in [0.3, 0.4) is 0 Å². The molecule has 0 aromatic heterocycles. The van der Waals surface area contributed by atoms with Crippen molar-refractivity contribution in [3.8, 4) is 0 Å². The zero-order valence-electron chi connectivity index (χ0n) is 12.0. The number of rotatable bonds is 6. The van der Waals surface area contributed by atoms with E-state index in [-0.39, 0.29) is 12.6 Å². The highest BCUT2D eigenvalue weighted by atomic mass is 32.2. The molecule has 1 aliphatic heterocycles. The maximum absolute atomic E-state index is 12.2. The Balaban J connectivity index is 2.02. The van der Waals surface area contributed by atoms with E-state index in [1.54, 1.807) is 12.1 Å². The second-order valence-electron chi connectivity index (χ2n) is 5.17. The zero-order valence-corrected chi connectivity index (χ0v) is 12.8. The Morgan fingerprint density at radius 3 is 2.95 bits per heavy atom. The van der Waals surface area contributed by atoms with Gasteiger partial charge in [-0.2, -0.15) is 0 Å². The summed E-state index contributed by atoms with van der Waals surface area (Å²) in [6, 6.07) is 5.24. The SMILES string of the molecule is CC(C)OCCNS(=O)(=O)c1ccc2c(c1)CCCN2. The van der Waals surface area contributed by atoms with Gasteiger partial charge in [0.2, 0.25) is 10.0 Å². The molecule has 1 aromatic rings. The van der Waals surface area contributed by atoms with E-state index in [2.05, 4.69) is 10.0 Å². The third-order valence-corrected chi connectivity index (χ3v) is 4.63. The normalized spacial score (nSPS) is 14.9. The molecule has 0 saturated heterocycles. The zero-order chi connectivity index (χ0) is 14.6. The van der Waals surface area contributed by atoms with Crippen LogP contribution in [0.4, 0.5) is 5.69 Å². The van der Waals surface area contributed by atoms with Gasteiger partial charge in [0.1, 0.15) is 0 Å². The third-order valence-electron chi connectivity index (χ3n) is 3.17. The average molecular weight is 298 g/mol. The van der Waals surface area contributed by atoms with Crippen LogP contribution in [-0.2, 0) is 21.2 Å². The summed E-state index contributed by atoms with van der Waals surface area (Å²) in [7, 11) is -3.45. The van der Waals surface area contributed by atoms with Crippen molar-refractivity contribution in [2.75, 3.05) is 25.0 Å². The summed E-state index contributed by atoms with van der Waals surface area (Å²) in [6.07, 6.45) is 2.06. The van der Waals surface area contributed by atoms with Crippen LogP contribution in [0.15, 0.2) is 23.1 Å². The monoisotopic (exact) mass is 298 g/mol. The van der Waals surface area contributed by atoms with Crippen molar-refractivity contribution in [2.45, 2.75) is 37.7 Å². The number of fused-ring (bicyclic) bond motifs is 1. The molecule has 0 radical (unpaired) electrons. The molecule has 0 atom stereocenters. The number of sulfonamides is 1. The maximum Gasteiger partial charge on any atom is 0.240 e. The number of anilines is 1. The molecule has 1 heterocycles. The van der Waals surface area contributed by atoms with E-state index in [1.165, 1.54) is 0 Å². The van der Waals surface area contributed by atoms with Gasteiger partial charge in [-0.15, -0.1) is 0 Å². The van der Waals surface area contributed by atoms with Crippen molar-refractivity contribution in [1.82, 2.24) is 4.72 Å². The largest absolute Gasteiger partial charge is 0.385 e. The topological polar surface area (TPSA) is 67.4 Å². The summed E-state index contributed by atoms with van der Waals surface area (Å²) in [5.41, 5.74) is 2.11. The van der Waals surface area contributed by atoms with Crippen molar-refractivity contribution in [3.05, 3.63) is 23.8 Å². The Kier molecular flexibility index (Phi) is 5.01. The molecular weight excluding hydrogens is 276 g/mol. The van der Waals surface area contributed by atoms with Crippen LogP contribution < -0.4 is 10.0 Å². The number of nitrogens with one attached hydrogen (secondary N) is 2. The first-order valence-corrected chi connectivity index (χ1v) is 8.45. The molecule has 0 spiro atoms. The smallest absolute Gasteiger partial charge is 0.240 e. The molecule has 1 aromatic carbocycles. The second-order valence-corrected chi connectivity index (χ2v) is 6.93. The van der Waals surface area contributed by atoms with Crippen LogP contribution in [0.25, 0.3) is 0 Å². The van der Waals surface area contributed by atoms with Crippen molar-refractivity contribution in [3.63, 3.8) is 0 Å². The third kappa shape index (κ3) is 3.94. The Morgan fingerprint density at radius 1 is 1.40 bits per heavy atom. The Bertz CT molecular complexity index is 556. The lowest BCUT2D eigenvalue weighted by Gasteiger charge is -2.18. The first-order chi connectivity index (χ1) is 9.49. The molecule has 0 unspecified atom stereocenters. The van der Waals surface area contributed by atoms with Gasteiger partial charge in [-0.05, 0) is 50.5 Å². The van der Waals surface area contributed by atoms with Gasteiger partial charge in [0, 0.05) is 18.8 Å². The minimum atomic E-state index is -3.45. The lowest BCUT2D eigenvalue weighted by molar-refractivity contribution is 0.0834. The highest BCUT2D eigenvalue weighted by molar-refractivity contribution is 7.89. The predicted octanol–water partition coefficient (Wildman–Crippen LogP) is 1.75.